The zero-order valence-corrected chi connectivity index (χ0v) is 33.2. The summed E-state index contributed by atoms with van der Waals surface area (Å²) in [5, 5.41) is 4.45. The van der Waals surface area contributed by atoms with Gasteiger partial charge < -0.3 is 9.32 Å². The third-order valence-electron chi connectivity index (χ3n) is 13.3. The second-order valence-corrected chi connectivity index (χ2v) is 16.3. The zero-order chi connectivity index (χ0) is 40.1. The van der Waals surface area contributed by atoms with Crippen molar-refractivity contribution in [1.82, 2.24) is 0 Å². The molecule has 0 amide bonds. The van der Waals surface area contributed by atoms with Crippen LogP contribution in [-0.2, 0) is 5.41 Å². The van der Waals surface area contributed by atoms with E-state index in [1.54, 1.807) is 0 Å². The predicted octanol–water partition coefficient (Wildman–Crippen LogP) is 15.9. The fourth-order valence-corrected chi connectivity index (χ4v) is 10.8. The lowest BCUT2D eigenvalue weighted by atomic mass is 9.70. The van der Waals surface area contributed by atoms with Crippen LogP contribution in [0.25, 0.3) is 77.2 Å². The maximum Gasteiger partial charge on any atom is 0.143 e. The zero-order valence-electron chi connectivity index (χ0n) is 33.2. The third kappa shape index (κ3) is 4.79. The lowest BCUT2D eigenvalue weighted by Crippen LogP contribution is -2.25. The molecule has 1 heterocycles. The van der Waals surface area contributed by atoms with Crippen LogP contribution in [0.5, 0.6) is 0 Å². The summed E-state index contributed by atoms with van der Waals surface area (Å²) in [5.74, 6) is 0. The Balaban J connectivity index is 1.06. The highest BCUT2D eigenvalue weighted by Crippen LogP contribution is 2.63. The van der Waals surface area contributed by atoms with Gasteiger partial charge in [-0.3, -0.25) is 0 Å². The fourth-order valence-electron chi connectivity index (χ4n) is 10.8. The molecule has 2 aliphatic rings. The van der Waals surface area contributed by atoms with Crippen molar-refractivity contribution in [3.63, 3.8) is 0 Å². The van der Waals surface area contributed by atoms with E-state index in [0.29, 0.717) is 0 Å². The first-order valence-corrected chi connectivity index (χ1v) is 21.1. The molecule has 0 atom stereocenters. The van der Waals surface area contributed by atoms with E-state index in [-0.39, 0.29) is 0 Å². The highest BCUT2D eigenvalue weighted by atomic mass is 16.3. The minimum absolute atomic E-state index is 0.420. The quantitative estimate of drug-likeness (QED) is 0.173. The normalized spacial score (nSPS) is 13.0. The minimum atomic E-state index is -0.420. The lowest BCUT2D eigenvalue weighted by Gasteiger charge is -2.30. The van der Waals surface area contributed by atoms with Crippen LogP contribution in [0.1, 0.15) is 22.3 Å². The summed E-state index contributed by atoms with van der Waals surface area (Å²) in [5.41, 5.74) is 19.9. The van der Waals surface area contributed by atoms with Crippen LogP contribution in [0.4, 0.5) is 17.1 Å². The van der Waals surface area contributed by atoms with E-state index in [2.05, 4.69) is 229 Å². The van der Waals surface area contributed by atoms with Crippen molar-refractivity contribution in [3.8, 4) is 44.5 Å². The molecule has 13 rings (SSSR count). The summed E-state index contributed by atoms with van der Waals surface area (Å²) < 4.78 is 6.94. The van der Waals surface area contributed by atoms with Crippen molar-refractivity contribution < 1.29 is 4.42 Å². The molecule has 0 saturated heterocycles. The molecule has 61 heavy (non-hydrogen) atoms. The van der Waals surface area contributed by atoms with Gasteiger partial charge in [-0.2, -0.15) is 0 Å². The number of nitrogens with zero attached hydrogens (tertiary/aromatic N) is 1. The summed E-state index contributed by atoms with van der Waals surface area (Å²) in [4.78, 5) is 2.37. The van der Waals surface area contributed by atoms with E-state index >= 15 is 0 Å². The smallest absolute Gasteiger partial charge is 0.143 e. The number of benzene rings is 10. The van der Waals surface area contributed by atoms with Gasteiger partial charge in [0.1, 0.15) is 11.2 Å². The van der Waals surface area contributed by atoms with Gasteiger partial charge in [-0.25, -0.2) is 0 Å². The Kier molecular flexibility index (Phi) is 7.26. The van der Waals surface area contributed by atoms with Crippen LogP contribution in [0.15, 0.2) is 229 Å². The largest absolute Gasteiger partial charge is 0.455 e. The molecule has 2 nitrogen and oxygen atoms in total. The molecule has 1 spiro atoms. The Morgan fingerprint density at radius 3 is 1.52 bits per heavy atom. The Morgan fingerprint density at radius 2 is 0.852 bits per heavy atom. The topological polar surface area (TPSA) is 16.4 Å². The molecule has 11 aromatic rings. The number of para-hydroxylation sites is 1. The molecular weight excluding hydrogens is 739 g/mol. The second-order valence-electron chi connectivity index (χ2n) is 16.3. The number of fused-ring (bicyclic) bond motifs is 15. The monoisotopic (exact) mass is 775 g/mol. The molecule has 0 unspecified atom stereocenters. The average Bonchev–Trinajstić information content (AvgIpc) is 3.97. The first kappa shape index (κ1) is 34.0. The Labute approximate surface area is 354 Å². The van der Waals surface area contributed by atoms with Gasteiger partial charge in [-0.05, 0) is 121 Å². The maximum absolute atomic E-state index is 6.94. The van der Waals surface area contributed by atoms with Crippen LogP contribution in [-0.4, -0.2) is 0 Å². The fraction of sp³-hybridized carbons (Fsp3) is 0.0169. The molecule has 0 saturated carbocycles. The van der Waals surface area contributed by atoms with Gasteiger partial charge in [0, 0.05) is 22.1 Å². The Bertz CT molecular complexity index is 3460. The van der Waals surface area contributed by atoms with Crippen LogP contribution < -0.4 is 4.90 Å². The van der Waals surface area contributed by atoms with Gasteiger partial charge in [0.15, 0.2) is 0 Å². The van der Waals surface area contributed by atoms with Crippen molar-refractivity contribution in [2.75, 3.05) is 4.90 Å². The van der Waals surface area contributed by atoms with Crippen molar-refractivity contribution in [2.24, 2.45) is 0 Å². The number of furan rings is 1. The second kappa shape index (κ2) is 13.0. The Morgan fingerprint density at radius 1 is 0.328 bits per heavy atom. The van der Waals surface area contributed by atoms with Gasteiger partial charge in [0.05, 0.1) is 16.5 Å². The van der Waals surface area contributed by atoms with Gasteiger partial charge in [0.2, 0.25) is 0 Å². The summed E-state index contributed by atoms with van der Waals surface area (Å²) in [7, 11) is 0. The van der Waals surface area contributed by atoms with Crippen molar-refractivity contribution in [2.45, 2.75) is 5.41 Å². The molecule has 0 bridgehead atoms. The van der Waals surface area contributed by atoms with Crippen molar-refractivity contribution in [1.29, 1.82) is 0 Å². The molecule has 0 fully saturated rings. The summed E-state index contributed by atoms with van der Waals surface area (Å²) in [6.45, 7) is 0. The van der Waals surface area contributed by atoms with Gasteiger partial charge in [-0.15, -0.1) is 0 Å². The van der Waals surface area contributed by atoms with Crippen LogP contribution >= 0.6 is 0 Å². The van der Waals surface area contributed by atoms with Crippen LogP contribution in [0, 0.1) is 0 Å². The first-order chi connectivity index (χ1) is 30.3. The van der Waals surface area contributed by atoms with E-state index in [4.69, 9.17) is 4.42 Å². The molecule has 284 valence electrons. The molecule has 2 heteroatoms. The highest BCUT2D eigenvalue weighted by Gasteiger charge is 2.51. The number of hydrogen-bond acceptors (Lipinski definition) is 2. The van der Waals surface area contributed by atoms with E-state index in [1.807, 2.05) is 0 Å². The van der Waals surface area contributed by atoms with Gasteiger partial charge >= 0.3 is 0 Å². The number of hydrogen-bond donors (Lipinski definition) is 0. The molecule has 2 aliphatic carbocycles. The summed E-state index contributed by atoms with van der Waals surface area (Å²) in [6, 6.07) is 82.0. The maximum atomic E-state index is 6.94. The number of rotatable bonds is 5. The molecule has 1 aromatic heterocycles. The molecular formula is C59H37NO. The van der Waals surface area contributed by atoms with Crippen molar-refractivity contribution >= 4 is 49.8 Å². The predicted molar refractivity (Wildman–Crippen MR) is 253 cm³/mol. The molecule has 0 aliphatic heterocycles. The van der Waals surface area contributed by atoms with Crippen LogP contribution in [0.2, 0.25) is 0 Å². The summed E-state index contributed by atoms with van der Waals surface area (Å²) >= 11 is 0. The van der Waals surface area contributed by atoms with Crippen LogP contribution in [0.3, 0.4) is 0 Å². The SMILES string of the molecule is c1ccc(-c2ccc(N(c3ccccc3)c3cccc4oc5c6ccccc6c(-c6ccc7c(c6)C6(c8ccccc8-c8ccccc86)c6ccccc6-7)cc5c34)cc2)cc1. The van der Waals surface area contributed by atoms with Gasteiger partial charge in [-0.1, -0.05) is 176 Å². The lowest BCUT2D eigenvalue weighted by molar-refractivity contribution is 0.672. The van der Waals surface area contributed by atoms with E-state index in [1.165, 1.54) is 72.1 Å². The van der Waals surface area contributed by atoms with E-state index in [0.717, 1.165) is 44.4 Å². The van der Waals surface area contributed by atoms with Crippen molar-refractivity contribution in [3.05, 3.63) is 247 Å². The van der Waals surface area contributed by atoms with Gasteiger partial charge in [0.25, 0.3) is 0 Å². The molecule has 0 N–H and O–H groups in total. The Hall–Kier alpha value is -7.94. The van der Waals surface area contributed by atoms with E-state index in [9.17, 15) is 0 Å². The standard InChI is InChI=1S/C59H37NO/c1-3-16-38(17-4-1)39-30-33-42(34-31-39)60(41-18-5-2-6-19-41)55-28-15-29-56-57(55)50-37-49(43-20-7-8-24-48(43)58(50)61-56)40-32-35-47-46-23-11-14-27-53(46)59(54(47)36-40)51-25-12-9-21-44(51)45-22-10-13-26-52(45)59/h1-37H. The van der Waals surface area contributed by atoms with E-state index < -0.39 is 5.41 Å². The first-order valence-electron chi connectivity index (χ1n) is 21.1. The average molecular weight is 776 g/mol. The summed E-state index contributed by atoms with van der Waals surface area (Å²) in [6.07, 6.45) is 0. The minimum Gasteiger partial charge on any atom is -0.455 e. The number of anilines is 3. The highest BCUT2D eigenvalue weighted by molar-refractivity contribution is 6.22. The molecule has 10 aromatic carbocycles. The molecule has 0 radical (unpaired) electrons. The third-order valence-corrected chi connectivity index (χ3v) is 13.3.